The fraction of sp³-hybridized carbons (Fsp3) is 0.348. The van der Waals surface area contributed by atoms with E-state index in [1.54, 1.807) is 10.9 Å². The minimum absolute atomic E-state index is 0.0244. The minimum atomic E-state index is 0.0244. The number of rotatable bonds is 5. The van der Waals surface area contributed by atoms with Crippen LogP contribution in [0.4, 0.5) is 5.82 Å². The molecule has 148 valence electrons. The second kappa shape index (κ2) is 8.46. The van der Waals surface area contributed by atoms with E-state index >= 15 is 0 Å². The van der Waals surface area contributed by atoms with Crippen molar-refractivity contribution in [1.82, 2.24) is 19.7 Å². The van der Waals surface area contributed by atoms with Crippen molar-refractivity contribution in [2.45, 2.75) is 19.3 Å². The number of terminal acetylenes is 1. The van der Waals surface area contributed by atoms with Crippen LogP contribution in [-0.2, 0) is 11.8 Å². The summed E-state index contributed by atoms with van der Waals surface area (Å²) in [5, 5.41) is 9.33. The van der Waals surface area contributed by atoms with Crippen molar-refractivity contribution >= 4 is 22.5 Å². The Morgan fingerprint density at radius 3 is 2.76 bits per heavy atom. The summed E-state index contributed by atoms with van der Waals surface area (Å²) in [5.41, 5.74) is 2.15. The van der Waals surface area contributed by atoms with Crippen LogP contribution in [0.15, 0.2) is 42.9 Å². The molecule has 1 aliphatic rings. The van der Waals surface area contributed by atoms with Crippen LogP contribution < -0.4 is 5.32 Å². The van der Waals surface area contributed by atoms with Crippen LogP contribution in [0, 0.1) is 18.3 Å². The maximum absolute atomic E-state index is 12.7. The summed E-state index contributed by atoms with van der Waals surface area (Å²) in [5.74, 6) is 3.35. The molecule has 1 amide bonds. The van der Waals surface area contributed by atoms with Crippen LogP contribution in [0.2, 0.25) is 0 Å². The molecule has 1 N–H and O–H groups in total. The van der Waals surface area contributed by atoms with Gasteiger partial charge in [-0.25, -0.2) is 4.98 Å². The molecule has 1 aliphatic heterocycles. The van der Waals surface area contributed by atoms with E-state index in [4.69, 9.17) is 6.42 Å². The van der Waals surface area contributed by atoms with E-state index in [0.717, 1.165) is 60.8 Å². The number of likely N-dealkylation sites (tertiary alicyclic amines) is 1. The van der Waals surface area contributed by atoms with Gasteiger partial charge in [0, 0.05) is 49.3 Å². The Kier molecular flexibility index (Phi) is 5.59. The first-order valence-electron chi connectivity index (χ1n) is 9.98. The van der Waals surface area contributed by atoms with Crippen LogP contribution in [-0.4, -0.2) is 45.2 Å². The molecule has 29 heavy (non-hydrogen) atoms. The number of anilines is 1. The SMILES string of the molecule is C#CCCN1CCC(C(=O)Nc2cc3cc(-c4cnn(C)c4)ccc3cn2)CC1. The smallest absolute Gasteiger partial charge is 0.228 e. The highest BCUT2D eigenvalue weighted by molar-refractivity contribution is 5.95. The molecule has 0 radical (unpaired) electrons. The predicted molar refractivity (Wildman–Crippen MR) is 115 cm³/mol. The molecule has 0 bridgehead atoms. The number of nitrogens with one attached hydrogen (secondary N) is 1. The van der Waals surface area contributed by atoms with Gasteiger partial charge < -0.3 is 10.2 Å². The highest BCUT2D eigenvalue weighted by Gasteiger charge is 2.24. The summed E-state index contributed by atoms with van der Waals surface area (Å²) in [6, 6.07) is 8.15. The number of carbonyl (C=O) groups is 1. The van der Waals surface area contributed by atoms with E-state index in [9.17, 15) is 4.79 Å². The van der Waals surface area contributed by atoms with Gasteiger partial charge in [0.1, 0.15) is 5.82 Å². The molecule has 0 unspecified atom stereocenters. The Hall–Kier alpha value is -3.17. The lowest BCUT2D eigenvalue weighted by atomic mass is 9.96. The number of pyridine rings is 1. The molecule has 0 aliphatic carbocycles. The zero-order chi connectivity index (χ0) is 20.2. The van der Waals surface area contributed by atoms with Crippen molar-refractivity contribution in [2.75, 3.05) is 25.0 Å². The van der Waals surface area contributed by atoms with Crippen molar-refractivity contribution in [3.8, 4) is 23.5 Å². The maximum Gasteiger partial charge on any atom is 0.228 e. The number of carbonyl (C=O) groups excluding carboxylic acids is 1. The van der Waals surface area contributed by atoms with Gasteiger partial charge in [-0.2, -0.15) is 5.10 Å². The zero-order valence-electron chi connectivity index (χ0n) is 16.6. The van der Waals surface area contributed by atoms with Crippen molar-refractivity contribution in [3.63, 3.8) is 0 Å². The van der Waals surface area contributed by atoms with Gasteiger partial charge in [-0.1, -0.05) is 12.1 Å². The number of fused-ring (bicyclic) bond motifs is 1. The van der Waals surface area contributed by atoms with Crippen LogP contribution in [0.5, 0.6) is 0 Å². The van der Waals surface area contributed by atoms with E-state index < -0.39 is 0 Å². The van der Waals surface area contributed by atoms with Crippen LogP contribution in [0.3, 0.4) is 0 Å². The number of hydrogen-bond donors (Lipinski definition) is 1. The Balaban J connectivity index is 1.44. The average Bonchev–Trinajstić information content (AvgIpc) is 3.18. The largest absolute Gasteiger partial charge is 0.310 e. The molecule has 3 aromatic rings. The molecule has 4 rings (SSSR count). The van der Waals surface area contributed by atoms with Crippen molar-refractivity contribution in [2.24, 2.45) is 13.0 Å². The summed E-state index contributed by atoms with van der Waals surface area (Å²) in [7, 11) is 1.90. The van der Waals surface area contributed by atoms with Gasteiger partial charge in [0.15, 0.2) is 0 Å². The molecule has 1 saturated heterocycles. The lowest BCUT2D eigenvalue weighted by Crippen LogP contribution is -2.38. The monoisotopic (exact) mass is 387 g/mol. The quantitative estimate of drug-likeness (QED) is 0.683. The summed E-state index contributed by atoms with van der Waals surface area (Å²) in [6.45, 7) is 2.75. The highest BCUT2D eigenvalue weighted by atomic mass is 16.1. The Bertz CT molecular complexity index is 1060. The topological polar surface area (TPSA) is 63.1 Å². The van der Waals surface area contributed by atoms with E-state index in [2.05, 4.69) is 38.4 Å². The van der Waals surface area contributed by atoms with Gasteiger partial charge in [-0.15, -0.1) is 12.3 Å². The van der Waals surface area contributed by atoms with Crippen molar-refractivity contribution < 1.29 is 4.79 Å². The zero-order valence-corrected chi connectivity index (χ0v) is 16.6. The predicted octanol–water partition coefficient (Wildman–Crippen LogP) is 3.31. The van der Waals surface area contributed by atoms with Gasteiger partial charge in [0.2, 0.25) is 5.91 Å². The molecular formula is C23H25N5O. The van der Waals surface area contributed by atoms with E-state index in [-0.39, 0.29) is 11.8 Å². The number of piperidine rings is 1. The standard InChI is InChI=1S/C23H25N5O/c1-3-4-9-28-10-7-17(8-11-28)23(29)26-22-13-20-12-18(5-6-19(20)14-24-22)21-15-25-27(2)16-21/h1,5-6,12-17H,4,7-11H2,2H3,(H,24,26,29). The molecule has 3 heterocycles. The molecule has 1 fully saturated rings. The Morgan fingerprint density at radius 2 is 2.03 bits per heavy atom. The second-order valence-corrected chi connectivity index (χ2v) is 7.59. The molecule has 6 heteroatoms. The molecule has 0 saturated carbocycles. The number of benzene rings is 1. The summed E-state index contributed by atoms with van der Waals surface area (Å²) in [4.78, 5) is 19.5. The third kappa shape index (κ3) is 4.47. The van der Waals surface area contributed by atoms with Crippen molar-refractivity contribution in [1.29, 1.82) is 0 Å². The number of aryl methyl sites for hydroxylation is 1. The Morgan fingerprint density at radius 1 is 1.21 bits per heavy atom. The average molecular weight is 387 g/mol. The van der Waals surface area contributed by atoms with Gasteiger partial charge in [-0.3, -0.25) is 9.48 Å². The fourth-order valence-electron chi connectivity index (χ4n) is 3.83. The molecular weight excluding hydrogens is 362 g/mol. The molecule has 2 aromatic heterocycles. The van der Waals surface area contributed by atoms with Gasteiger partial charge in [0.05, 0.1) is 6.20 Å². The number of hydrogen-bond acceptors (Lipinski definition) is 4. The minimum Gasteiger partial charge on any atom is -0.310 e. The molecule has 0 atom stereocenters. The van der Waals surface area contributed by atoms with E-state index in [1.807, 2.05) is 31.6 Å². The Labute approximate surface area is 170 Å². The third-order valence-corrected chi connectivity index (χ3v) is 5.54. The van der Waals surface area contributed by atoms with Crippen LogP contribution in [0.25, 0.3) is 21.9 Å². The first-order valence-corrected chi connectivity index (χ1v) is 9.98. The van der Waals surface area contributed by atoms with E-state index in [1.165, 1.54) is 0 Å². The third-order valence-electron chi connectivity index (χ3n) is 5.54. The first-order chi connectivity index (χ1) is 14.1. The summed E-state index contributed by atoms with van der Waals surface area (Å²) < 4.78 is 1.79. The normalized spacial score (nSPS) is 15.3. The van der Waals surface area contributed by atoms with Gasteiger partial charge in [-0.05, 0) is 49.0 Å². The van der Waals surface area contributed by atoms with Gasteiger partial charge >= 0.3 is 0 Å². The maximum atomic E-state index is 12.7. The molecule has 0 spiro atoms. The fourth-order valence-corrected chi connectivity index (χ4v) is 3.83. The number of aromatic nitrogens is 3. The molecule has 1 aromatic carbocycles. The van der Waals surface area contributed by atoms with E-state index in [0.29, 0.717) is 5.82 Å². The van der Waals surface area contributed by atoms with Gasteiger partial charge in [0.25, 0.3) is 0 Å². The van der Waals surface area contributed by atoms with Crippen LogP contribution >= 0.6 is 0 Å². The highest BCUT2D eigenvalue weighted by Crippen LogP contribution is 2.26. The number of amides is 1. The summed E-state index contributed by atoms with van der Waals surface area (Å²) >= 11 is 0. The second-order valence-electron chi connectivity index (χ2n) is 7.59. The molecule has 6 nitrogen and oxygen atoms in total. The lowest BCUT2D eigenvalue weighted by molar-refractivity contribution is -0.121. The van der Waals surface area contributed by atoms with Crippen molar-refractivity contribution in [3.05, 3.63) is 42.9 Å². The summed E-state index contributed by atoms with van der Waals surface area (Å²) in [6.07, 6.45) is 13.5. The van der Waals surface area contributed by atoms with Crippen LogP contribution in [0.1, 0.15) is 19.3 Å². The number of nitrogens with zero attached hydrogens (tertiary/aromatic N) is 4. The first kappa shape index (κ1) is 19.2. The lowest BCUT2D eigenvalue weighted by Gasteiger charge is -2.30.